The Morgan fingerprint density at radius 3 is 2.89 bits per heavy atom. The average molecular weight is 326 g/mol. The molecule has 3 nitrogen and oxygen atoms in total. The number of thiophene rings is 1. The summed E-state index contributed by atoms with van der Waals surface area (Å²) in [7, 11) is 1.59. The van der Waals surface area contributed by atoms with Gasteiger partial charge in [-0.25, -0.2) is 0 Å². The van der Waals surface area contributed by atoms with Crippen molar-refractivity contribution in [1.29, 1.82) is 0 Å². The van der Waals surface area contributed by atoms with Crippen molar-refractivity contribution in [3.63, 3.8) is 0 Å². The van der Waals surface area contributed by atoms with Crippen molar-refractivity contribution in [2.75, 3.05) is 7.11 Å². The lowest BCUT2D eigenvalue weighted by Gasteiger charge is -2.05. The van der Waals surface area contributed by atoms with E-state index in [1.165, 1.54) is 11.3 Å². The smallest absolute Gasteiger partial charge is 0.261 e. The molecule has 1 amide bonds. The average Bonchev–Trinajstić information content (AvgIpc) is 2.86. The SMILES string of the molecule is COc1csc(C(=O)NCc2ccccc2Br)c1. The Kier molecular flexibility index (Phi) is 4.38. The molecule has 2 rings (SSSR count). The molecule has 0 saturated heterocycles. The lowest BCUT2D eigenvalue weighted by molar-refractivity contribution is 0.0954. The molecule has 0 atom stereocenters. The van der Waals surface area contributed by atoms with E-state index < -0.39 is 0 Å². The van der Waals surface area contributed by atoms with Crippen molar-refractivity contribution in [2.45, 2.75) is 6.54 Å². The van der Waals surface area contributed by atoms with Crippen LogP contribution in [0.5, 0.6) is 5.75 Å². The van der Waals surface area contributed by atoms with Gasteiger partial charge in [0.25, 0.3) is 5.91 Å². The van der Waals surface area contributed by atoms with Crippen LogP contribution in [0.25, 0.3) is 0 Å². The molecule has 0 fully saturated rings. The molecular formula is C13H12BrNO2S. The number of hydrogen-bond acceptors (Lipinski definition) is 3. The van der Waals surface area contributed by atoms with Gasteiger partial charge < -0.3 is 10.1 Å². The maximum absolute atomic E-state index is 11.9. The van der Waals surface area contributed by atoms with Crippen LogP contribution >= 0.6 is 27.3 Å². The number of carbonyl (C=O) groups excluding carboxylic acids is 1. The van der Waals surface area contributed by atoms with Crippen molar-refractivity contribution in [2.24, 2.45) is 0 Å². The van der Waals surface area contributed by atoms with Gasteiger partial charge >= 0.3 is 0 Å². The summed E-state index contributed by atoms with van der Waals surface area (Å²) in [5.74, 6) is 0.630. The molecule has 2 aromatic rings. The maximum Gasteiger partial charge on any atom is 0.261 e. The van der Waals surface area contributed by atoms with E-state index in [1.54, 1.807) is 13.2 Å². The zero-order valence-corrected chi connectivity index (χ0v) is 12.2. The molecule has 1 aromatic heterocycles. The minimum Gasteiger partial charge on any atom is -0.496 e. The molecule has 0 radical (unpaired) electrons. The van der Waals surface area contributed by atoms with Gasteiger partial charge in [0.2, 0.25) is 0 Å². The number of ether oxygens (including phenoxy) is 1. The predicted octanol–water partition coefficient (Wildman–Crippen LogP) is 3.45. The zero-order valence-electron chi connectivity index (χ0n) is 9.77. The van der Waals surface area contributed by atoms with E-state index >= 15 is 0 Å². The third-order valence-electron chi connectivity index (χ3n) is 2.43. The van der Waals surface area contributed by atoms with E-state index in [9.17, 15) is 4.79 Å². The topological polar surface area (TPSA) is 38.3 Å². The van der Waals surface area contributed by atoms with Gasteiger partial charge in [0.05, 0.1) is 12.0 Å². The zero-order chi connectivity index (χ0) is 13.0. The third-order valence-corrected chi connectivity index (χ3v) is 4.11. The highest BCUT2D eigenvalue weighted by Crippen LogP contribution is 2.21. The number of halogens is 1. The van der Waals surface area contributed by atoms with Crippen molar-refractivity contribution in [3.8, 4) is 5.75 Å². The minimum absolute atomic E-state index is 0.0842. The number of methoxy groups -OCH3 is 1. The fourth-order valence-electron chi connectivity index (χ4n) is 1.45. The Morgan fingerprint density at radius 1 is 1.44 bits per heavy atom. The summed E-state index contributed by atoms with van der Waals surface area (Å²) in [5.41, 5.74) is 1.05. The van der Waals surface area contributed by atoms with Gasteiger partial charge in [-0.3, -0.25) is 4.79 Å². The standard InChI is InChI=1S/C13H12BrNO2S/c1-17-10-6-12(18-8-10)13(16)15-7-9-4-2-3-5-11(9)14/h2-6,8H,7H2,1H3,(H,15,16). The lowest BCUT2D eigenvalue weighted by atomic mass is 10.2. The highest BCUT2D eigenvalue weighted by Gasteiger charge is 2.09. The van der Waals surface area contributed by atoms with Crippen molar-refractivity contribution in [3.05, 3.63) is 50.6 Å². The van der Waals surface area contributed by atoms with Gasteiger partial charge in [-0.05, 0) is 11.6 Å². The molecule has 0 spiro atoms. The van der Waals surface area contributed by atoms with E-state index in [4.69, 9.17) is 4.74 Å². The van der Waals surface area contributed by atoms with Crippen LogP contribution in [0.2, 0.25) is 0 Å². The van der Waals surface area contributed by atoms with Gasteiger partial charge in [-0.2, -0.15) is 0 Å². The monoisotopic (exact) mass is 325 g/mol. The molecule has 0 aliphatic rings. The fourth-order valence-corrected chi connectivity index (χ4v) is 2.65. The minimum atomic E-state index is -0.0842. The van der Waals surface area contributed by atoms with E-state index in [-0.39, 0.29) is 5.91 Å². The molecule has 5 heteroatoms. The van der Waals surface area contributed by atoms with Crippen LogP contribution in [0.15, 0.2) is 40.2 Å². The maximum atomic E-state index is 11.9. The van der Waals surface area contributed by atoms with Crippen LogP contribution in [0.1, 0.15) is 15.2 Å². The highest BCUT2D eigenvalue weighted by molar-refractivity contribution is 9.10. The van der Waals surface area contributed by atoms with Crippen LogP contribution in [-0.2, 0) is 6.54 Å². The van der Waals surface area contributed by atoms with Crippen molar-refractivity contribution < 1.29 is 9.53 Å². The summed E-state index contributed by atoms with van der Waals surface area (Å²) in [6.45, 7) is 0.500. The summed E-state index contributed by atoms with van der Waals surface area (Å²) in [6, 6.07) is 9.55. The summed E-state index contributed by atoms with van der Waals surface area (Å²) < 4.78 is 6.04. The first kappa shape index (κ1) is 13.1. The Morgan fingerprint density at radius 2 is 2.22 bits per heavy atom. The summed E-state index contributed by atoms with van der Waals surface area (Å²) in [6.07, 6.45) is 0. The Balaban J connectivity index is 1.98. The highest BCUT2D eigenvalue weighted by atomic mass is 79.9. The van der Waals surface area contributed by atoms with Crippen molar-refractivity contribution in [1.82, 2.24) is 5.32 Å². The largest absolute Gasteiger partial charge is 0.496 e. The van der Waals surface area contributed by atoms with Crippen LogP contribution < -0.4 is 10.1 Å². The lowest BCUT2D eigenvalue weighted by Crippen LogP contribution is -2.21. The first-order chi connectivity index (χ1) is 8.70. The number of nitrogens with one attached hydrogen (secondary N) is 1. The molecule has 94 valence electrons. The molecule has 0 saturated carbocycles. The number of amides is 1. The molecule has 1 aromatic carbocycles. The molecular weight excluding hydrogens is 314 g/mol. The van der Waals surface area contributed by atoms with E-state index in [0.717, 1.165) is 10.0 Å². The molecule has 1 heterocycles. The molecule has 18 heavy (non-hydrogen) atoms. The molecule has 0 unspecified atom stereocenters. The Labute approximate surface area is 118 Å². The van der Waals surface area contributed by atoms with Gasteiger partial charge in [0.15, 0.2) is 0 Å². The van der Waals surface area contributed by atoms with Crippen molar-refractivity contribution >= 4 is 33.2 Å². The normalized spacial score (nSPS) is 10.1. The summed E-state index contributed by atoms with van der Waals surface area (Å²) >= 11 is 4.82. The van der Waals surface area contributed by atoms with E-state index in [1.807, 2.05) is 29.6 Å². The van der Waals surface area contributed by atoms with Gasteiger partial charge in [-0.15, -0.1) is 11.3 Å². The van der Waals surface area contributed by atoms with Crippen LogP contribution in [0.3, 0.4) is 0 Å². The van der Waals surface area contributed by atoms with E-state index in [0.29, 0.717) is 17.2 Å². The summed E-state index contributed by atoms with van der Waals surface area (Å²) in [5, 5.41) is 4.69. The Bertz CT molecular complexity index is 553. The second-order valence-corrected chi connectivity index (χ2v) is 5.39. The predicted molar refractivity (Wildman–Crippen MR) is 76.2 cm³/mol. The van der Waals surface area contributed by atoms with Gasteiger partial charge in [0, 0.05) is 22.5 Å². The molecule has 0 aliphatic heterocycles. The quantitative estimate of drug-likeness (QED) is 0.935. The van der Waals surface area contributed by atoms with Crippen LogP contribution in [-0.4, -0.2) is 13.0 Å². The van der Waals surface area contributed by atoms with Crippen LogP contribution in [0, 0.1) is 0 Å². The number of hydrogen-bond donors (Lipinski definition) is 1. The summed E-state index contributed by atoms with van der Waals surface area (Å²) in [4.78, 5) is 12.5. The number of carbonyl (C=O) groups is 1. The fraction of sp³-hybridized carbons (Fsp3) is 0.154. The van der Waals surface area contributed by atoms with Gasteiger partial charge in [0.1, 0.15) is 5.75 Å². The number of rotatable bonds is 4. The van der Waals surface area contributed by atoms with Crippen LogP contribution in [0.4, 0.5) is 0 Å². The first-order valence-electron chi connectivity index (χ1n) is 5.35. The third kappa shape index (κ3) is 3.11. The Hall–Kier alpha value is -1.33. The first-order valence-corrected chi connectivity index (χ1v) is 7.02. The second-order valence-electron chi connectivity index (χ2n) is 3.62. The number of benzene rings is 1. The van der Waals surface area contributed by atoms with Gasteiger partial charge in [-0.1, -0.05) is 34.1 Å². The molecule has 0 aliphatic carbocycles. The van der Waals surface area contributed by atoms with E-state index in [2.05, 4.69) is 21.2 Å². The second kappa shape index (κ2) is 6.02. The molecule has 1 N–H and O–H groups in total. The molecule has 0 bridgehead atoms.